The van der Waals surface area contributed by atoms with Gasteiger partial charge >= 0.3 is 0 Å². The molecule has 4 aromatic rings. The van der Waals surface area contributed by atoms with Gasteiger partial charge in [0.25, 0.3) is 5.69 Å². The zero-order chi connectivity index (χ0) is 23.9. The molecular weight excluding hydrogens is 424 g/mol. The topological polar surface area (TPSA) is 66.4 Å². The predicted molar refractivity (Wildman–Crippen MR) is 134 cm³/mol. The summed E-state index contributed by atoms with van der Waals surface area (Å²) in [5, 5.41) is 21.9. The van der Waals surface area contributed by atoms with Crippen LogP contribution in [0.1, 0.15) is 30.5 Å². The minimum Gasteiger partial charge on any atom is -0.507 e. The molecule has 0 unspecified atom stereocenters. The zero-order valence-corrected chi connectivity index (χ0v) is 19.1. The van der Waals surface area contributed by atoms with Crippen molar-refractivity contribution >= 4 is 17.1 Å². The summed E-state index contributed by atoms with van der Waals surface area (Å²) in [5.41, 5.74) is 6.88. The third-order valence-corrected chi connectivity index (χ3v) is 6.60. The molecule has 168 valence electrons. The highest BCUT2D eigenvalue weighted by atomic mass is 16.6. The van der Waals surface area contributed by atoms with E-state index in [1.165, 1.54) is 23.8 Å². The van der Waals surface area contributed by atoms with Gasteiger partial charge in [-0.25, -0.2) is 0 Å². The molecule has 0 aromatic heterocycles. The van der Waals surface area contributed by atoms with E-state index in [9.17, 15) is 15.2 Å². The number of hydrogen-bond donors (Lipinski definition) is 1. The van der Waals surface area contributed by atoms with Crippen LogP contribution in [0.3, 0.4) is 0 Å². The molecule has 0 saturated heterocycles. The number of benzene rings is 4. The molecule has 4 aromatic carbocycles. The Morgan fingerprint density at radius 1 is 0.824 bits per heavy atom. The van der Waals surface area contributed by atoms with E-state index in [1.54, 1.807) is 0 Å². The molecule has 0 bridgehead atoms. The van der Waals surface area contributed by atoms with Crippen molar-refractivity contribution in [3.05, 3.63) is 124 Å². The fourth-order valence-corrected chi connectivity index (χ4v) is 4.94. The second-order valence-electron chi connectivity index (χ2n) is 9.09. The largest absolute Gasteiger partial charge is 0.507 e. The first-order valence-electron chi connectivity index (χ1n) is 11.2. The third-order valence-electron chi connectivity index (χ3n) is 6.60. The molecule has 5 nitrogen and oxygen atoms in total. The molecule has 1 N–H and O–H groups in total. The van der Waals surface area contributed by atoms with Crippen LogP contribution in [0.25, 0.3) is 11.1 Å². The summed E-state index contributed by atoms with van der Waals surface area (Å²) < 4.78 is 2.17. The Kier molecular flexibility index (Phi) is 5.25. The molecule has 0 amide bonds. The minimum atomic E-state index is -0.433. The van der Waals surface area contributed by atoms with Crippen LogP contribution in [0.4, 0.5) is 11.4 Å². The van der Waals surface area contributed by atoms with Crippen LogP contribution >= 0.6 is 0 Å². The quantitative estimate of drug-likeness (QED) is 0.212. The second-order valence-corrected chi connectivity index (χ2v) is 9.09. The van der Waals surface area contributed by atoms with Gasteiger partial charge in [-0.3, -0.25) is 10.1 Å². The maximum atomic E-state index is 11.3. The number of nitro benzene ring substituents is 1. The van der Waals surface area contributed by atoms with Crippen LogP contribution in [-0.4, -0.2) is 20.3 Å². The van der Waals surface area contributed by atoms with Gasteiger partial charge in [0.15, 0.2) is 12.3 Å². The van der Waals surface area contributed by atoms with Crippen molar-refractivity contribution in [3.8, 4) is 16.9 Å². The average Bonchev–Trinajstić information content (AvgIpc) is 3.07. The van der Waals surface area contributed by atoms with Crippen molar-refractivity contribution in [3.63, 3.8) is 0 Å². The molecular formula is C29H25N2O3+. The summed E-state index contributed by atoms with van der Waals surface area (Å²) in [5.74, 6) is 0.0477. The van der Waals surface area contributed by atoms with E-state index >= 15 is 0 Å². The van der Waals surface area contributed by atoms with Gasteiger partial charge in [-0.05, 0) is 43.2 Å². The Bertz CT molecular complexity index is 1420. The number of nitro groups is 1. The lowest BCUT2D eigenvalue weighted by Gasteiger charge is -2.18. The van der Waals surface area contributed by atoms with Crippen molar-refractivity contribution in [1.82, 2.24) is 0 Å². The molecule has 0 atom stereocenters. The summed E-state index contributed by atoms with van der Waals surface area (Å²) in [4.78, 5) is 10.9. The first kappa shape index (κ1) is 21.6. The highest BCUT2D eigenvalue weighted by Gasteiger charge is 2.46. The molecule has 5 rings (SSSR count). The number of non-ortho nitro benzene ring substituents is 1. The zero-order valence-electron chi connectivity index (χ0n) is 19.1. The number of phenolic OH excluding ortho intramolecular Hbond substituents is 1. The summed E-state index contributed by atoms with van der Waals surface area (Å²) in [6.45, 7) is 4.71. The number of phenols is 1. The number of fused-ring (bicyclic) bond motifs is 1. The standard InChI is InChI=1S/C29H24N2O3/c1-29(2)25-10-6-7-11-26(25)30(19-23-18-24(31(33)34)16-17-27(23)32)28(29)22-14-12-21(13-15-22)20-8-4-3-5-9-20/h3-18H,19H2,1-2H3/p+1. The van der Waals surface area contributed by atoms with Crippen molar-refractivity contribution in [2.24, 2.45) is 0 Å². The van der Waals surface area contributed by atoms with E-state index in [2.05, 4.69) is 67.0 Å². The second kappa shape index (κ2) is 8.27. The van der Waals surface area contributed by atoms with Gasteiger partial charge in [0.05, 0.1) is 15.9 Å². The highest BCUT2D eigenvalue weighted by molar-refractivity contribution is 6.07. The highest BCUT2D eigenvalue weighted by Crippen LogP contribution is 2.43. The molecule has 34 heavy (non-hydrogen) atoms. The molecule has 0 aliphatic carbocycles. The maximum absolute atomic E-state index is 11.3. The smallest absolute Gasteiger partial charge is 0.270 e. The molecule has 5 heteroatoms. The van der Waals surface area contributed by atoms with Crippen LogP contribution in [0.2, 0.25) is 0 Å². The molecule has 0 fully saturated rings. The summed E-state index contributed by atoms with van der Waals surface area (Å²) >= 11 is 0. The first-order chi connectivity index (χ1) is 16.4. The lowest BCUT2D eigenvalue weighted by molar-refractivity contribution is -0.455. The van der Waals surface area contributed by atoms with E-state index in [4.69, 9.17) is 0 Å². The Balaban J connectivity index is 1.65. The van der Waals surface area contributed by atoms with E-state index in [0.29, 0.717) is 12.1 Å². The van der Waals surface area contributed by atoms with Gasteiger partial charge in [0.2, 0.25) is 5.69 Å². The Hall–Kier alpha value is -4.25. The predicted octanol–water partition coefficient (Wildman–Crippen LogP) is 6.59. The monoisotopic (exact) mass is 449 g/mol. The number of aromatic hydroxyl groups is 1. The van der Waals surface area contributed by atoms with Gasteiger partial charge in [0, 0.05) is 29.3 Å². The SMILES string of the molecule is CC1(C)C(c2ccc(-c3ccccc3)cc2)=[N+](Cc2cc([N+](=O)[O-])ccc2O)c2ccccc21. The minimum absolute atomic E-state index is 0.0340. The number of para-hydroxylation sites is 1. The van der Waals surface area contributed by atoms with E-state index in [0.717, 1.165) is 28.1 Å². The lowest BCUT2D eigenvalue weighted by atomic mass is 9.79. The van der Waals surface area contributed by atoms with Gasteiger partial charge in [-0.1, -0.05) is 60.7 Å². The van der Waals surface area contributed by atoms with Crippen LogP contribution in [0.15, 0.2) is 97.1 Å². The van der Waals surface area contributed by atoms with E-state index in [-0.39, 0.29) is 16.9 Å². The van der Waals surface area contributed by atoms with Crippen molar-refractivity contribution in [1.29, 1.82) is 0 Å². The molecule has 1 aliphatic heterocycles. The normalized spacial score (nSPS) is 14.2. The van der Waals surface area contributed by atoms with Crippen molar-refractivity contribution in [2.45, 2.75) is 25.8 Å². The van der Waals surface area contributed by atoms with Gasteiger partial charge < -0.3 is 5.11 Å². The molecule has 0 spiro atoms. The Morgan fingerprint density at radius 3 is 2.15 bits per heavy atom. The van der Waals surface area contributed by atoms with Crippen LogP contribution in [0, 0.1) is 10.1 Å². The number of rotatable bonds is 5. The van der Waals surface area contributed by atoms with Crippen LogP contribution in [0.5, 0.6) is 5.75 Å². The average molecular weight is 450 g/mol. The van der Waals surface area contributed by atoms with Crippen LogP contribution < -0.4 is 0 Å². The van der Waals surface area contributed by atoms with Crippen molar-refractivity contribution < 1.29 is 14.6 Å². The Labute approximate surface area is 198 Å². The third kappa shape index (κ3) is 3.65. The lowest BCUT2D eigenvalue weighted by Crippen LogP contribution is -2.30. The Morgan fingerprint density at radius 2 is 1.44 bits per heavy atom. The van der Waals surface area contributed by atoms with Gasteiger partial charge in [0.1, 0.15) is 5.75 Å². The number of nitrogens with zero attached hydrogens (tertiary/aromatic N) is 2. The van der Waals surface area contributed by atoms with E-state index < -0.39 is 4.92 Å². The fourth-order valence-electron chi connectivity index (χ4n) is 4.94. The first-order valence-corrected chi connectivity index (χ1v) is 11.2. The summed E-state index contributed by atoms with van der Waals surface area (Å²) in [6, 6.07) is 31.2. The summed E-state index contributed by atoms with van der Waals surface area (Å²) in [7, 11) is 0. The summed E-state index contributed by atoms with van der Waals surface area (Å²) in [6.07, 6.45) is 0. The molecule has 0 radical (unpaired) electrons. The molecule has 1 heterocycles. The van der Waals surface area contributed by atoms with Crippen LogP contribution in [-0.2, 0) is 12.0 Å². The maximum Gasteiger partial charge on any atom is 0.270 e. The fraction of sp³-hybridized carbons (Fsp3) is 0.138. The van der Waals surface area contributed by atoms with Gasteiger partial charge in [-0.15, -0.1) is 0 Å². The molecule has 0 saturated carbocycles. The molecule has 1 aliphatic rings. The van der Waals surface area contributed by atoms with E-state index in [1.807, 2.05) is 30.3 Å². The van der Waals surface area contributed by atoms with Gasteiger partial charge in [-0.2, -0.15) is 4.58 Å². The number of hydrogen-bond acceptors (Lipinski definition) is 3. The van der Waals surface area contributed by atoms with Crippen molar-refractivity contribution in [2.75, 3.05) is 0 Å².